The van der Waals surface area contributed by atoms with Gasteiger partial charge in [0, 0.05) is 6.42 Å². The predicted molar refractivity (Wildman–Crippen MR) is 85.0 cm³/mol. The molecule has 2 aromatic carbocycles. The van der Waals surface area contributed by atoms with Crippen LogP contribution in [-0.2, 0) is 18.4 Å². The minimum absolute atomic E-state index is 0.640. The van der Waals surface area contributed by atoms with Gasteiger partial charge in [-0.15, -0.1) is 0 Å². The van der Waals surface area contributed by atoms with Gasteiger partial charge in [0.05, 0.1) is 5.60 Å². The summed E-state index contributed by atoms with van der Waals surface area (Å²) >= 11 is 0. The standard InChI is InChI=1S/C19H24O/c1-5-16-8-10-17(11-9-16)13-19(4,20)18-12-14(2)6-7-15(18)3/h6-12,20H,5,13H2,1-4H3. The minimum atomic E-state index is -0.830. The molecule has 1 N–H and O–H groups in total. The summed E-state index contributed by atoms with van der Waals surface area (Å²) in [7, 11) is 0. The summed E-state index contributed by atoms with van der Waals surface area (Å²) in [4.78, 5) is 0. The van der Waals surface area contributed by atoms with Crippen LogP contribution in [0.4, 0.5) is 0 Å². The largest absolute Gasteiger partial charge is 0.385 e. The smallest absolute Gasteiger partial charge is 0.0911 e. The molecule has 1 atom stereocenters. The fourth-order valence-corrected chi connectivity index (χ4v) is 2.70. The summed E-state index contributed by atoms with van der Waals surface area (Å²) < 4.78 is 0. The second kappa shape index (κ2) is 5.80. The predicted octanol–water partition coefficient (Wildman–Crippen LogP) is 4.32. The summed E-state index contributed by atoms with van der Waals surface area (Å²) in [6.07, 6.45) is 1.69. The molecule has 1 heteroatoms. The third kappa shape index (κ3) is 3.29. The van der Waals surface area contributed by atoms with Crippen molar-refractivity contribution in [3.8, 4) is 0 Å². The Morgan fingerprint density at radius 2 is 1.55 bits per heavy atom. The Kier molecular flexibility index (Phi) is 4.29. The van der Waals surface area contributed by atoms with E-state index in [0.717, 1.165) is 17.5 Å². The van der Waals surface area contributed by atoms with Crippen LogP contribution < -0.4 is 0 Å². The van der Waals surface area contributed by atoms with Gasteiger partial charge in [0.2, 0.25) is 0 Å². The van der Waals surface area contributed by atoms with E-state index in [4.69, 9.17) is 0 Å². The molecule has 0 aliphatic carbocycles. The van der Waals surface area contributed by atoms with Crippen LogP contribution in [0.25, 0.3) is 0 Å². The third-order valence-corrected chi connectivity index (χ3v) is 3.95. The SMILES string of the molecule is CCc1ccc(CC(C)(O)c2cc(C)ccc2C)cc1. The van der Waals surface area contributed by atoms with Crippen molar-refractivity contribution in [1.29, 1.82) is 0 Å². The van der Waals surface area contributed by atoms with Crippen molar-refractivity contribution in [2.24, 2.45) is 0 Å². The number of aryl methyl sites for hydroxylation is 3. The molecule has 0 spiro atoms. The summed E-state index contributed by atoms with van der Waals surface area (Å²) in [5.41, 5.74) is 5.03. The van der Waals surface area contributed by atoms with Gasteiger partial charge in [-0.2, -0.15) is 0 Å². The molecule has 0 bridgehead atoms. The molecule has 0 saturated carbocycles. The quantitative estimate of drug-likeness (QED) is 0.875. The second-order valence-corrected chi connectivity index (χ2v) is 5.94. The molecule has 1 nitrogen and oxygen atoms in total. The first-order valence-electron chi connectivity index (χ1n) is 7.30. The number of aliphatic hydroxyl groups is 1. The van der Waals surface area contributed by atoms with Crippen molar-refractivity contribution in [1.82, 2.24) is 0 Å². The lowest BCUT2D eigenvalue weighted by molar-refractivity contribution is 0.0569. The highest BCUT2D eigenvalue weighted by Gasteiger charge is 2.25. The molecule has 0 saturated heterocycles. The maximum atomic E-state index is 10.9. The van der Waals surface area contributed by atoms with E-state index in [9.17, 15) is 5.11 Å². The number of rotatable bonds is 4. The Labute approximate surface area is 122 Å². The van der Waals surface area contributed by atoms with E-state index in [1.165, 1.54) is 16.7 Å². The van der Waals surface area contributed by atoms with Crippen LogP contribution in [0.1, 0.15) is 41.7 Å². The first-order chi connectivity index (χ1) is 9.42. The fourth-order valence-electron chi connectivity index (χ4n) is 2.70. The van der Waals surface area contributed by atoms with Gasteiger partial charge in [0.25, 0.3) is 0 Å². The van der Waals surface area contributed by atoms with E-state index in [2.05, 4.69) is 63.2 Å². The van der Waals surface area contributed by atoms with Gasteiger partial charge in [-0.1, -0.05) is 55.0 Å². The van der Waals surface area contributed by atoms with Crippen molar-refractivity contribution in [2.45, 2.75) is 46.1 Å². The van der Waals surface area contributed by atoms with Gasteiger partial charge in [-0.25, -0.2) is 0 Å². The summed E-state index contributed by atoms with van der Waals surface area (Å²) in [5.74, 6) is 0. The molecule has 0 amide bonds. The van der Waals surface area contributed by atoms with E-state index in [1.54, 1.807) is 0 Å². The zero-order valence-electron chi connectivity index (χ0n) is 12.9. The van der Waals surface area contributed by atoms with Crippen LogP contribution in [0.15, 0.2) is 42.5 Å². The van der Waals surface area contributed by atoms with Gasteiger partial charge >= 0.3 is 0 Å². The highest BCUT2D eigenvalue weighted by Crippen LogP contribution is 2.29. The lowest BCUT2D eigenvalue weighted by atomic mass is 9.85. The van der Waals surface area contributed by atoms with Crippen molar-refractivity contribution in [2.75, 3.05) is 0 Å². The van der Waals surface area contributed by atoms with E-state index >= 15 is 0 Å². The first kappa shape index (κ1) is 14.8. The van der Waals surface area contributed by atoms with Gasteiger partial charge in [-0.05, 0) is 49.4 Å². The molecule has 1 unspecified atom stereocenters. The van der Waals surface area contributed by atoms with Crippen molar-refractivity contribution >= 4 is 0 Å². The molecule has 0 aromatic heterocycles. The Hall–Kier alpha value is -1.60. The lowest BCUT2D eigenvalue weighted by Crippen LogP contribution is -2.25. The van der Waals surface area contributed by atoms with Crippen molar-refractivity contribution in [3.05, 3.63) is 70.3 Å². The lowest BCUT2D eigenvalue weighted by Gasteiger charge is -2.26. The van der Waals surface area contributed by atoms with Crippen molar-refractivity contribution in [3.63, 3.8) is 0 Å². The molecular weight excluding hydrogens is 244 g/mol. The van der Waals surface area contributed by atoms with E-state index in [0.29, 0.717) is 6.42 Å². The molecular formula is C19H24O. The maximum absolute atomic E-state index is 10.9. The van der Waals surface area contributed by atoms with Gasteiger partial charge in [0.1, 0.15) is 0 Å². The highest BCUT2D eigenvalue weighted by molar-refractivity contribution is 5.36. The summed E-state index contributed by atoms with van der Waals surface area (Å²) in [6.45, 7) is 8.18. The molecule has 2 rings (SSSR count). The number of hydrogen-bond acceptors (Lipinski definition) is 1. The minimum Gasteiger partial charge on any atom is -0.385 e. The van der Waals surface area contributed by atoms with Crippen LogP contribution in [0.3, 0.4) is 0 Å². The van der Waals surface area contributed by atoms with Gasteiger partial charge in [0.15, 0.2) is 0 Å². The summed E-state index contributed by atoms with van der Waals surface area (Å²) in [6, 6.07) is 14.8. The molecule has 0 aliphatic heterocycles. The Morgan fingerprint density at radius 3 is 2.15 bits per heavy atom. The topological polar surface area (TPSA) is 20.2 Å². The van der Waals surface area contributed by atoms with Gasteiger partial charge in [-0.3, -0.25) is 0 Å². The van der Waals surface area contributed by atoms with E-state index in [-0.39, 0.29) is 0 Å². The van der Waals surface area contributed by atoms with Crippen LogP contribution in [-0.4, -0.2) is 5.11 Å². The molecule has 20 heavy (non-hydrogen) atoms. The first-order valence-corrected chi connectivity index (χ1v) is 7.30. The maximum Gasteiger partial charge on any atom is 0.0911 e. The normalized spacial score (nSPS) is 14.1. The van der Waals surface area contributed by atoms with Crippen molar-refractivity contribution < 1.29 is 5.11 Å². The average Bonchev–Trinajstić information content (AvgIpc) is 2.42. The van der Waals surface area contributed by atoms with Gasteiger partial charge < -0.3 is 5.11 Å². The average molecular weight is 268 g/mol. The Bertz CT molecular complexity index is 579. The van der Waals surface area contributed by atoms with E-state index < -0.39 is 5.60 Å². The molecule has 0 radical (unpaired) electrons. The third-order valence-electron chi connectivity index (χ3n) is 3.95. The molecule has 106 valence electrons. The van der Waals surface area contributed by atoms with Crippen LogP contribution >= 0.6 is 0 Å². The zero-order chi connectivity index (χ0) is 14.8. The number of benzene rings is 2. The molecule has 0 heterocycles. The monoisotopic (exact) mass is 268 g/mol. The zero-order valence-corrected chi connectivity index (χ0v) is 12.9. The fraction of sp³-hybridized carbons (Fsp3) is 0.368. The molecule has 0 aliphatic rings. The van der Waals surface area contributed by atoms with Crippen LogP contribution in [0.5, 0.6) is 0 Å². The van der Waals surface area contributed by atoms with E-state index in [1.807, 2.05) is 6.92 Å². The Balaban J connectivity index is 2.27. The second-order valence-electron chi connectivity index (χ2n) is 5.94. The highest BCUT2D eigenvalue weighted by atomic mass is 16.3. The van der Waals surface area contributed by atoms with Crippen LogP contribution in [0.2, 0.25) is 0 Å². The summed E-state index contributed by atoms with van der Waals surface area (Å²) in [5, 5.41) is 10.9. The molecule has 2 aromatic rings. The Morgan fingerprint density at radius 1 is 0.950 bits per heavy atom. The van der Waals surface area contributed by atoms with Crippen LogP contribution in [0, 0.1) is 13.8 Å². The molecule has 0 fully saturated rings. The number of hydrogen-bond donors (Lipinski definition) is 1.